The molecule has 0 saturated carbocycles. The molecule has 0 radical (unpaired) electrons. The third kappa shape index (κ3) is 7.61. The molecule has 0 bridgehead atoms. The summed E-state index contributed by atoms with van der Waals surface area (Å²) in [5, 5.41) is 3.06. The van der Waals surface area contributed by atoms with Gasteiger partial charge >= 0.3 is 0 Å². The van der Waals surface area contributed by atoms with Crippen molar-refractivity contribution in [1.82, 2.24) is 15.0 Å². The first-order chi connectivity index (χ1) is 18.9. The van der Waals surface area contributed by atoms with Gasteiger partial charge in [0.15, 0.2) is 0 Å². The molecule has 0 N–H and O–H groups in total. The summed E-state index contributed by atoms with van der Waals surface area (Å²) >= 11 is 15.5. The van der Waals surface area contributed by atoms with Crippen molar-refractivity contribution in [3.8, 4) is 17.2 Å². The van der Waals surface area contributed by atoms with Crippen molar-refractivity contribution in [3.63, 3.8) is 0 Å². The normalized spacial score (nSPS) is 9.97. The predicted octanol–water partition coefficient (Wildman–Crippen LogP) is 6.45. The zero-order chi connectivity index (χ0) is 27.8. The topological polar surface area (TPSA) is 66.4 Å². The second-order valence-electron chi connectivity index (χ2n) is 8.10. The van der Waals surface area contributed by atoms with Gasteiger partial charge in [-0.05, 0) is 54.6 Å². The van der Waals surface area contributed by atoms with Crippen molar-refractivity contribution in [2.75, 3.05) is 21.3 Å². The smallest absolute Gasteiger partial charge is 0.118 e. The quantitative estimate of drug-likeness (QED) is 0.190. The van der Waals surface area contributed by atoms with E-state index in [0.29, 0.717) is 0 Å². The number of hydrogen-bond donors (Lipinski definition) is 0. The summed E-state index contributed by atoms with van der Waals surface area (Å²) in [6, 6.07) is 22.8. The minimum absolute atomic E-state index is 0. The molecule has 6 rings (SSSR count). The molecule has 10 heteroatoms. The monoisotopic (exact) mass is 762 g/mol. The number of rotatable bonds is 3. The van der Waals surface area contributed by atoms with Crippen molar-refractivity contribution in [1.29, 1.82) is 0 Å². The zero-order valence-electron chi connectivity index (χ0n) is 21.8. The van der Waals surface area contributed by atoms with Gasteiger partial charge in [0.25, 0.3) is 0 Å². The average Bonchev–Trinajstić information content (AvgIpc) is 2.97. The van der Waals surface area contributed by atoms with Crippen molar-refractivity contribution in [3.05, 3.63) is 91.4 Å². The summed E-state index contributed by atoms with van der Waals surface area (Å²) in [6.45, 7) is 0. The van der Waals surface area contributed by atoms with Crippen LogP contribution in [0.15, 0.2) is 106 Å². The molecule has 3 heterocycles. The number of benzene rings is 3. The van der Waals surface area contributed by atoms with Crippen LogP contribution in [0, 0.1) is 0 Å². The first-order valence-corrected chi connectivity index (χ1v) is 12.9. The van der Waals surface area contributed by atoms with E-state index in [0.717, 1.165) is 64.6 Å². The van der Waals surface area contributed by atoms with Gasteiger partial charge in [-0.2, -0.15) is 0 Å². The van der Waals surface area contributed by atoms with E-state index in [9.17, 15) is 0 Å². The maximum absolute atomic E-state index is 5.16. The molecule has 0 amide bonds. The number of ether oxygens (including phenoxy) is 3. The Morgan fingerprint density at radius 2 is 0.750 bits per heavy atom. The fourth-order valence-corrected chi connectivity index (χ4v) is 4.61. The second-order valence-corrected chi connectivity index (χ2v) is 9.42. The summed E-state index contributed by atoms with van der Waals surface area (Å²) in [7, 11) is 4.89. The van der Waals surface area contributed by atoms with E-state index >= 15 is 0 Å². The second kappa shape index (κ2) is 14.8. The van der Waals surface area contributed by atoms with E-state index < -0.39 is 0 Å². The summed E-state index contributed by atoms with van der Waals surface area (Å²) in [4.78, 5) is 14.8. The van der Waals surface area contributed by atoms with Crippen LogP contribution in [0.4, 0.5) is 0 Å². The fourth-order valence-electron chi connectivity index (χ4n) is 3.75. The summed E-state index contributed by atoms with van der Waals surface area (Å²) in [5.41, 5.74) is 2.58. The minimum atomic E-state index is 0. The summed E-state index contributed by atoms with van der Waals surface area (Å²) < 4.78 is 15.3. The van der Waals surface area contributed by atoms with Crippen molar-refractivity contribution in [2.45, 2.75) is 14.7 Å². The van der Waals surface area contributed by atoms with Crippen molar-refractivity contribution in [2.24, 2.45) is 0 Å². The van der Waals surface area contributed by atoms with E-state index in [2.05, 4.69) is 15.0 Å². The molecule has 0 spiro atoms. The number of aromatic nitrogens is 3. The molecule has 0 aliphatic carbocycles. The van der Waals surface area contributed by atoms with Gasteiger partial charge < -0.3 is 52.1 Å². The van der Waals surface area contributed by atoms with Crippen LogP contribution in [0.3, 0.4) is 0 Å². The fraction of sp³-hybridized carbons (Fsp3) is 0.100. The zero-order valence-corrected chi connectivity index (χ0v) is 26.8. The van der Waals surface area contributed by atoms with E-state index in [1.54, 1.807) is 39.9 Å². The Hall–Kier alpha value is -3.41. The third-order valence-electron chi connectivity index (χ3n) is 5.64. The number of fused-ring (bicyclic) bond motifs is 3. The number of methoxy groups -OCH3 is 3. The molecule has 0 unspecified atom stereocenters. The maximum Gasteiger partial charge on any atom is 0.118 e. The Labute approximate surface area is 262 Å². The molecule has 206 valence electrons. The third-order valence-corrected chi connectivity index (χ3v) is 6.57. The van der Waals surface area contributed by atoms with Crippen LogP contribution in [0.2, 0.25) is 0 Å². The van der Waals surface area contributed by atoms with Crippen LogP contribution in [0.1, 0.15) is 0 Å². The van der Waals surface area contributed by atoms with Crippen LogP contribution in [-0.4, -0.2) is 36.3 Å². The first-order valence-electron chi connectivity index (χ1n) is 11.7. The van der Waals surface area contributed by atoms with Crippen molar-refractivity contribution >= 4 is 70.6 Å². The van der Waals surface area contributed by atoms with E-state index in [-0.39, 0.29) is 19.8 Å². The van der Waals surface area contributed by atoms with Crippen LogP contribution in [0.5, 0.6) is 17.2 Å². The molecule has 40 heavy (non-hydrogen) atoms. The molecule has 6 nitrogen and oxygen atoms in total. The Morgan fingerprint density at radius 3 is 1.00 bits per heavy atom. The van der Waals surface area contributed by atoms with Gasteiger partial charge in [0, 0.05) is 54.5 Å². The molecule has 0 aliphatic rings. The van der Waals surface area contributed by atoms with Crippen LogP contribution >= 0.6 is 0 Å². The molecule has 6 aromatic rings. The minimum Gasteiger partial charge on any atom is -0.778 e. The molecule has 0 atom stereocenters. The predicted molar refractivity (Wildman–Crippen MR) is 162 cm³/mol. The molecule has 0 saturated heterocycles. The summed E-state index contributed by atoms with van der Waals surface area (Å²) in [5.74, 6) is 2.35. The van der Waals surface area contributed by atoms with E-state index in [1.807, 2.05) is 72.8 Å². The van der Waals surface area contributed by atoms with Gasteiger partial charge in [-0.25, -0.2) is 0 Å². The van der Waals surface area contributed by atoms with Crippen LogP contribution in [0.25, 0.3) is 32.7 Å². The molecule has 3 aromatic carbocycles. The Kier molecular flexibility index (Phi) is 11.5. The first kappa shape index (κ1) is 31.1. The molecular formula is C30H24N3O3OsS3-3. The van der Waals surface area contributed by atoms with Gasteiger partial charge in [-0.1, -0.05) is 18.2 Å². The maximum atomic E-state index is 5.16. The number of nitrogens with zero attached hydrogens (tertiary/aromatic N) is 3. The Bertz CT molecular complexity index is 1540. The largest absolute Gasteiger partial charge is 0.778 e. The summed E-state index contributed by atoms with van der Waals surface area (Å²) in [6.07, 6.45) is 5.22. The van der Waals surface area contributed by atoms with Gasteiger partial charge in [0.1, 0.15) is 17.2 Å². The Morgan fingerprint density at radius 1 is 0.475 bits per heavy atom. The standard InChI is InChI=1S/3C10H9NOS.Os/c3*1-12-8-5-7-3-2-4-11-10(7)9(13)6-8;/h3*2-6,13H,1H3;/p-3. The molecule has 3 aromatic heterocycles. The average molecular weight is 761 g/mol. The SMILES string of the molecule is COc1cc([S-])c2ncccc2c1.COc1cc([S-])c2ncccc2c1.COc1cc([S-])c2ncccc2c1.[Os]. The van der Waals surface area contributed by atoms with Gasteiger partial charge in [0.2, 0.25) is 0 Å². The van der Waals surface area contributed by atoms with E-state index in [1.165, 1.54) is 0 Å². The Balaban J connectivity index is 0.000000163. The molecule has 0 aliphatic heterocycles. The molecular weight excluding hydrogens is 737 g/mol. The molecule has 0 fully saturated rings. The van der Waals surface area contributed by atoms with Gasteiger partial charge in [-0.15, -0.1) is 14.7 Å². The van der Waals surface area contributed by atoms with Crippen LogP contribution < -0.4 is 14.2 Å². The number of pyridine rings is 3. The van der Waals surface area contributed by atoms with E-state index in [4.69, 9.17) is 52.1 Å². The number of hydrogen-bond acceptors (Lipinski definition) is 9. The van der Waals surface area contributed by atoms with Gasteiger partial charge in [-0.3, -0.25) is 15.0 Å². The van der Waals surface area contributed by atoms with Crippen molar-refractivity contribution < 1.29 is 34.0 Å². The van der Waals surface area contributed by atoms with Crippen LogP contribution in [-0.2, 0) is 57.7 Å². The van der Waals surface area contributed by atoms with Gasteiger partial charge in [0.05, 0.1) is 37.9 Å².